The van der Waals surface area contributed by atoms with Crippen molar-refractivity contribution in [1.82, 2.24) is 4.98 Å². The van der Waals surface area contributed by atoms with Crippen molar-refractivity contribution in [3.63, 3.8) is 0 Å². The number of thioether (sulfide) groups is 1. The first-order chi connectivity index (χ1) is 9.42. The van der Waals surface area contributed by atoms with E-state index >= 15 is 0 Å². The van der Waals surface area contributed by atoms with E-state index in [-0.39, 0.29) is 6.42 Å². The molecule has 4 N–H and O–H groups in total. The monoisotopic (exact) mass is 295 g/mol. The molecule has 0 saturated heterocycles. The Morgan fingerprint density at radius 3 is 2.60 bits per heavy atom. The first kappa shape index (κ1) is 14.4. The first-order valence-corrected chi connectivity index (χ1v) is 6.77. The van der Waals surface area contributed by atoms with Gasteiger partial charge in [0.1, 0.15) is 0 Å². The van der Waals surface area contributed by atoms with Gasteiger partial charge in [-0.15, -0.1) is 0 Å². The average molecular weight is 295 g/mol. The van der Waals surface area contributed by atoms with Gasteiger partial charge in [0.2, 0.25) is 0 Å². The second-order valence-corrected chi connectivity index (χ2v) is 5.35. The lowest BCUT2D eigenvalue weighted by Gasteiger charge is -2.21. The van der Waals surface area contributed by atoms with Gasteiger partial charge in [-0.1, -0.05) is 18.2 Å². The molecule has 0 aliphatic heterocycles. The van der Waals surface area contributed by atoms with E-state index in [9.17, 15) is 14.7 Å². The molecule has 106 valence electrons. The number of hydrogen-bond donors (Lipinski definition) is 4. The van der Waals surface area contributed by atoms with Crippen LogP contribution in [0.2, 0.25) is 0 Å². The number of carboxylic acids is 1. The maximum Gasteiger partial charge on any atom is 0.364 e. The van der Waals surface area contributed by atoms with Gasteiger partial charge < -0.3 is 20.3 Å². The first-order valence-electron chi connectivity index (χ1n) is 5.79. The third-order valence-electron chi connectivity index (χ3n) is 2.99. The van der Waals surface area contributed by atoms with Crippen LogP contribution in [0, 0.1) is 0 Å². The van der Waals surface area contributed by atoms with Crippen LogP contribution in [0.5, 0.6) is 0 Å². The molecule has 0 radical (unpaired) electrons. The predicted molar refractivity (Wildman–Crippen MR) is 75.1 cm³/mol. The van der Waals surface area contributed by atoms with E-state index in [1.54, 1.807) is 6.20 Å². The normalized spacial score (nSPS) is 14.1. The molecule has 0 fully saturated rings. The van der Waals surface area contributed by atoms with Crippen LogP contribution in [0.3, 0.4) is 0 Å². The Kier molecular flexibility index (Phi) is 4.01. The molecular formula is C13H13NO5S. The summed E-state index contributed by atoms with van der Waals surface area (Å²) in [5.74, 6) is -1.85. The lowest BCUT2D eigenvalue weighted by Crippen LogP contribution is -2.43. The van der Waals surface area contributed by atoms with Gasteiger partial charge in [-0.3, -0.25) is 0 Å². The Morgan fingerprint density at radius 2 is 1.95 bits per heavy atom. The van der Waals surface area contributed by atoms with E-state index in [2.05, 4.69) is 4.98 Å². The Hall–Kier alpha value is -1.99. The summed E-state index contributed by atoms with van der Waals surface area (Å²) in [6.45, 7) is 0. The van der Waals surface area contributed by atoms with Gasteiger partial charge >= 0.3 is 11.3 Å². The maximum absolute atomic E-state index is 11.2. The minimum atomic E-state index is -2.12. The van der Waals surface area contributed by atoms with Gasteiger partial charge in [-0.2, -0.15) is 0 Å². The second-order valence-electron chi connectivity index (χ2n) is 4.43. The van der Waals surface area contributed by atoms with Crippen molar-refractivity contribution in [2.24, 2.45) is 0 Å². The summed E-state index contributed by atoms with van der Waals surface area (Å²) >= 11 is 0.369. The molecule has 7 heteroatoms. The number of rotatable bonds is 5. The summed E-state index contributed by atoms with van der Waals surface area (Å²) in [5, 5.41) is 27.5. The van der Waals surface area contributed by atoms with Crippen molar-refractivity contribution in [2.45, 2.75) is 12.0 Å². The number of aromatic nitrogens is 1. The predicted octanol–water partition coefficient (Wildman–Crippen LogP) is 1.94. The molecule has 0 aliphatic rings. The quantitative estimate of drug-likeness (QED) is 0.671. The van der Waals surface area contributed by atoms with Gasteiger partial charge in [0, 0.05) is 29.3 Å². The van der Waals surface area contributed by atoms with Crippen LogP contribution in [0.1, 0.15) is 5.56 Å². The van der Waals surface area contributed by atoms with Crippen LogP contribution in [-0.4, -0.2) is 42.9 Å². The minimum absolute atomic E-state index is 0.160. The zero-order valence-electron chi connectivity index (χ0n) is 10.4. The Balaban J connectivity index is 2.28. The molecule has 0 spiro atoms. The van der Waals surface area contributed by atoms with Crippen molar-refractivity contribution in [2.75, 3.05) is 5.75 Å². The standard InChI is InChI=1S/C13H13NO5S/c15-11(16)13(19,7-20-12(17)18)5-8-6-14-10-4-2-1-3-9(8)10/h1-4,6,14,19H,5,7H2,(H,15,16)(H,17,18). The second kappa shape index (κ2) is 5.56. The van der Waals surface area contributed by atoms with Crippen LogP contribution in [0.4, 0.5) is 4.79 Å². The number of H-pyrrole nitrogens is 1. The molecule has 0 saturated carbocycles. The molecule has 1 aromatic heterocycles. The molecule has 1 heterocycles. The number of hydrogen-bond acceptors (Lipinski definition) is 4. The van der Waals surface area contributed by atoms with Gasteiger partial charge in [-0.25, -0.2) is 9.59 Å². The molecule has 0 amide bonds. The molecule has 2 aromatic rings. The van der Waals surface area contributed by atoms with Crippen molar-refractivity contribution < 1.29 is 24.9 Å². The van der Waals surface area contributed by atoms with Crippen LogP contribution in [0.15, 0.2) is 30.5 Å². The van der Waals surface area contributed by atoms with Crippen LogP contribution < -0.4 is 0 Å². The molecule has 2 rings (SSSR count). The van der Waals surface area contributed by atoms with E-state index in [1.807, 2.05) is 24.3 Å². The molecule has 6 nitrogen and oxygen atoms in total. The summed E-state index contributed by atoms with van der Waals surface area (Å²) in [7, 11) is 0. The fourth-order valence-electron chi connectivity index (χ4n) is 1.96. The van der Waals surface area contributed by atoms with E-state index in [1.165, 1.54) is 0 Å². The van der Waals surface area contributed by atoms with Crippen LogP contribution in [-0.2, 0) is 11.2 Å². The summed E-state index contributed by atoms with van der Waals surface area (Å²) in [5.41, 5.74) is -0.647. The lowest BCUT2D eigenvalue weighted by molar-refractivity contribution is -0.155. The van der Waals surface area contributed by atoms with E-state index in [4.69, 9.17) is 10.2 Å². The fraction of sp³-hybridized carbons (Fsp3) is 0.231. The summed E-state index contributed by atoms with van der Waals surface area (Å²) in [6.07, 6.45) is 1.47. The number of carbonyl (C=O) groups is 2. The third kappa shape index (κ3) is 2.94. The van der Waals surface area contributed by atoms with E-state index < -0.39 is 22.6 Å². The van der Waals surface area contributed by atoms with Crippen molar-refractivity contribution in [3.8, 4) is 0 Å². The van der Waals surface area contributed by atoms with Gasteiger partial charge in [-0.05, 0) is 23.4 Å². The number of fused-ring (bicyclic) bond motifs is 1. The molecule has 1 unspecified atom stereocenters. The molecule has 1 atom stereocenters. The topological polar surface area (TPSA) is 111 Å². The number of aromatic amines is 1. The van der Waals surface area contributed by atoms with E-state index in [0.29, 0.717) is 17.3 Å². The van der Waals surface area contributed by atoms with Crippen molar-refractivity contribution in [3.05, 3.63) is 36.0 Å². The average Bonchev–Trinajstić information content (AvgIpc) is 2.80. The summed E-state index contributed by atoms with van der Waals surface area (Å²) < 4.78 is 0. The number of para-hydroxylation sites is 1. The number of benzene rings is 1. The molecular weight excluding hydrogens is 282 g/mol. The highest BCUT2D eigenvalue weighted by Crippen LogP contribution is 2.25. The zero-order valence-corrected chi connectivity index (χ0v) is 11.2. The zero-order chi connectivity index (χ0) is 14.8. The van der Waals surface area contributed by atoms with Gasteiger partial charge in [0.15, 0.2) is 5.60 Å². The third-order valence-corrected chi connectivity index (χ3v) is 3.86. The molecule has 1 aromatic carbocycles. The number of carboxylic acid groups (broad SMARTS) is 2. The van der Waals surface area contributed by atoms with Crippen LogP contribution in [0.25, 0.3) is 10.9 Å². The Morgan fingerprint density at radius 1 is 1.25 bits per heavy atom. The SMILES string of the molecule is O=C(O)SCC(O)(Cc1c[nH]c2ccccc12)C(=O)O. The molecule has 20 heavy (non-hydrogen) atoms. The Labute approximate surface area is 118 Å². The van der Waals surface area contributed by atoms with Crippen molar-refractivity contribution in [1.29, 1.82) is 0 Å². The molecule has 0 aliphatic carbocycles. The highest BCUT2D eigenvalue weighted by atomic mass is 32.2. The minimum Gasteiger partial charge on any atom is -0.479 e. The van der Waals surface area contributed by atoms with Gasteiger partial charge in [0.05, 0.1) is 0 Å². The van der Waals surface area contributed by atoms with E-state index in [0.717, 1.165) is 10.9 Å². The number of nitrogens with one attached hydrogen (secondary N) is 1. The highest BCUT2D eigenvalue weighted by Gasteiger charge is 2.37. The largest absolute Gasteiger partial charge is 0.479 e. The summed E-state index contributed by atoms with van der Waals surface area (Å²) in [4.78, 5) is 24.8. The van der Waals surface area contributed by atoms with Crippen LogP contribution >= 0.6 is 11.8 Å². The lowest BCUT2D eigenvalue weighted by atomic mass is 9.96. The van der Waals surface area contributed by atoms with Crippen molar-refractivity contribution >= 4 is 33.9 Å². The molecule has 0 bridgehead atoms. The maximum atomic E-state index is 11.2. The highest BCUT2D eigenvalue weighted by molar-refractivity contribution is 8.13. The number of aliphatic carboxylic acids is 1. The Bertz CT molecular complexity index is 653. The smallest absolute Gasteiger partial charge is 0.364 e. The van der Waals surface area contributed by atoms with Gasteiger partial charge in [0.25, 0.3) is 0 Å². The number of aliphatic hydroxyl groups is 1. The fourth-order valence-corrected chi connectivity index (χ4v) is 2.55. The summed E-state index contributed by atoms with van der Waals surface area (Å²) in [6, 6.07) is 7.30.